The molecule has 104 valence electrons. The van der Waals surface area contributed by atoms with Crippen LogP contribution in [-0.4, -0.2) is 25.0 Å². The molecule has 19 heavy (non-hydrogen) atoms. The van der Waals surface area contributed by atoms with Crippen LogP contribution in [0, 0.1) is 19.8 Å². The first-order chi connectivity index (χ1) is 9.08. The van der Waals surface area contributed by atoms with Crippen LogP contribution in [0.5, 0.6) is 0 Å². The summed E-state index contributed by atoms with van der Waals surface area (Å²) in [5.41, 5.74) is 2.25. The molecule has 5 heteroatoms. The van der Waals surface area contributed by atoms with E-state index in [1.807, 2.05) is 11.6 Å². The number of aryl methyl sites for hydroxylation is 4. The molecule has 2 heterocycles. The summed E-state index contributed by atoms with van der Waals surface area (Å²) in [6.45, 7) is 9.36. The summed E-state index contributed by atoms with van der Waals surface area (Å²) in [6.07, 6.45) is 2.96. The van der Waals surface area contributed by atoms with Crippen molar-refractivity contribution in [2.75, 3.05) is 0 Å². The first-order valence-electron chi connectivity index (χ1n) is 6.99. The molecule has 0 amide bonds. The minimum absolute atomic E-state index is 0.650. The van der Waals surface area contributed by atoms with Crippen molar-refractivity contribution in [2.45, 2.75) is 53.5 Å². The second-order valence-electron chi connectivity index (χ2n) is 5.32. The molecular formula is C14H23N5. The van der Waals surface area contributed by atoms with Crippen molar-refractivity contribution < 1.29 is 0 Å². The number of H-pyrrole nitrogens is 1. The summed E-state index contributed by atoms with van der Waals surface area (Å²) in [5.74, 6) is 2.53. The van der Waals surface area contributed by atoms with Crippen molar-refractivity contribution in [3.63, 3.8) is 0 Å². The molecule has 0 saturated carbocycles. The van der Waals surface area contributed by atoms with Gasteiger partial charge in [-0.25, -0.2) is 4.98 Å². The summed E-state index contributed by atoms with van der Waals surface area (Å²) < 4.78 is 2.01. The van der Waals surface area contributed by atoms with Crippen LogP contribution >= 0.6 is 0 Å². The van der Waals surface area contributed by atoms with Gasteiger partial charge in [-0.2, -0.15) is 10.2 Å². The Morgan fingerprint density at radius 3 is 2.79 bits per heavy atom. The first-order valence-corrected chi connectivity index (χ1v) is 6.99. The lowest BCUT2D eigenvalue weighted by molar-refractivity contribution is 0.544. The van der Waals surface area contributed by atoms with Gasteiger partial charge in [0.05, 0.1) is 5.69 Å². The van der Waals surface area contributed by atoms with Crippen LogP contribution in [0.25, 0.3) is 0 Å². The molecule has 0 aromatic carbocycles. The molecule has 0 fully saturated rings. The summed E-state index contributed by atoms with van der Waals surface area (Å²) >= 11 is 0. The first kappa shape index (κ1) is 13.8. The monoisotopic (exact) mass is 261 g/mol. The van der Waals surface area contributed by atoms with Gasteiger partial charge in [-0.15, -0.1) is 0 Å². The maximum atomic E-state index is 4.54. The fourth-order valence-corrected chi connectivity index (χ4v) is 2.12. The molecule has 0 aliphatic heterocycles. The van der Waals surface area contributed by atoms with E-state index in [1.54, 1.807) is 0 Å². The standard InChI is InChI=1S/C14H23N5/c1-5-10(2)8-14-15-13(16-17-14)6-7-19-12(4)9-11(3)18-19/h9-10H,5-8H2,1-4H3,(H,15,16,17). The Morgan fingerprint density at radius 1 is 1.37 bits per heavy atom. The van der Waals surface area contributed by atoms with Gasteiger partial charge in [0.1, 0.15) is 5.82 Å². The Balaban J connectivity index is 1.91. The predicted octanol–water partition coefficient (Wildman–Crippen LogP) is 2.45. The third kappa shape index (κ3) is 3.66. The van der Waals surface area contributed by atoms with E-state index < -0.39 is 0 Å². The Bertz CT molecular complexity index is 526. The number of aromatic amines is 1. The highest BCUT2D eigenvalue weighted by atomic mass is 15.3. The third-order valence-corrected chi connectivity index (χ3v) is 3.47. The SMILES string of the molecule is CCC(C)Cc1nc(CCn2nc(C)cc2C)n[nH]1. The highest BCUT2D eigenvalue weighted by molar-refractivity contribution is 5.06. The van der Waals surface area contributed by atoms with Gasteiger partial charge in [-0.3, -0.25) is 9.78 Å². The number of nitrogens with one attached hydrogen (secondary N) is 1. The summed E-state index contributed by atoms with van der Waals surface area (Å²) in [7, 11) is 0. The fourth-order valence-electron chi connectivity index (χ4n) is 2.12. The van der Waals surface area contributed by atoms with Crippen molar-refractivity contribution >= 4 is 0 Å². The van der Waals surface area contributed by atoms with Crippen LogP contribution in [0.4, 0.5) is 0 Å². The van der Waals surface area contributed by atoms with Gasteiger partial charge >= 0.3 is 0 Å². The zero-order valence-electron chi connectivity index (χ0n) is 12.3. The fraction of sp³-hybridized carbons (Fsp3) is 0.643. The molecule has 5 nitrogen and oxygen atoms in total. The lowest BCUT2D eigenvalue weighted by Gasteiger charge is -2.03. The molecule has 0 spiro atoms. The average molecular weight is 261 g/mol. The highest BCUT2D eigenvalue weighted by Gasteiger charge is 2.08. The maximum absolute atomic E-state index is 4.54. The van der Waals surface area contributed by atoms with E-state index in [9.17, 15) is 0 Å². The van der Waals surface area contributed by atoms with Crippen molar-refractivity contribution in [3.8, 4) is 0 Å². The zero-order chi connectivity index (χ0) is 13.8. The van der Waals surface area contributed by atoms with E-state index in [0.29, 0.717) is 5.92 Å². The van der Waals surface area contributed by atoms with Gasteiger partial charge < -0.3 is 0 Å². The molecule has 1 N–H and O–H groups in total. The molecule has 2 rings (SSSR count). The average Bonchev–Trinajstić information content (AvgIpc) is 2.93. The number of rotatable bonds is 6. The molecule has 1 atom stereocenters. The molecule has 0 bridgehead atoms. The molecule has 0 saturated heterocycles. The number of hydrogen-bond donors (Lipinski definition) is 1. The minimum Gasteiger partial charge on any atom is -0.269 e. The molecular weight excluding hydrogens is 238 g/mol. The molecule has 0 radical (unpaired) electrons. The number of hydrogen-bond acceptors (Lipinski definition) is 3. The predicted molar refractivity (Wildman–Crippen MR) is 74.9 cm³/mol. The Kier molecular flexibility index (Phi) is 4.35. The highest BCUT2D eigenvalue weighted by Crippen LogP contribution is 2.08. The third-order valence-electron chi connectivity index (χ3n) is 3.47. The van der Waals surface area contributed by atoms with Crippen LogP contribution in [0.15, 0.2) is 6.07 Å². The topological polar surface area (TPSA) is 59.4 Å². The molecule has 2 aromatic rings. The summed E-state index contributed by atoms with van der Waals surface area (Å²) in [6, 6.07) is 2.09. The largest absolute Gasteiger partial charge is 0.269 e. The minimum atomic E-state index is 0.650. The van der Waals surface area contributed by atoms with Gasteiger partial charge in [0, 0.05) is 25.1 Å². The van der Waals surface area contributed by atoms with Crippen molar-refractivity contribution in [3.05, 3.63) is 29.1 Å². The summed E-state index contributed by atoms with van der Waals surface area (Å²) in [4.78, 5) is 4.54. The summed E-state index contributed by atoms with van der Waals surface area (Å²) in [5, 5.41) is 11.8. The van der Waals surface area contributed by atoms with E-state index >= 15 is 0 Å². The smallest absolute Gasteiger partial charge is 0.152 e. The Labute approximate surface area is 114 Å². The van der Waals surface area contributed by atoms with Gasteiger partial charge in [0.15, 0.2) is 5.82 Å². The van der Waals surface area contributed by atoms with Crippen molar-refractivity contribution in [1.82, 2.24) is 25.0 Å². The second-order valence-corrected chi connectivity index (χ2v) is 5.32. The molecule has 1 unspecified atom stereocenters. The number of nitrogens with zero attached hydrogens (tertiary/aromatic N) is 4. The second kappa shape index (κ2) is 5.99. The van der Waals surface area contributed by atoms with Gasteiger partial charge in [0.2, 0.25) is 0 Å². The van der Waals surface area contributed by atoms with Crippen LogP contribution in [0.1, 0.15) is 43.3 Å². The van der Waals surface area contributed by atoms with Crippen molar-refractivity contribution in [1.29, 1.82) is 0 Å². The quantitative estimate of drug-likeness (QED) is 0.869. The molecule has 0 aliphatic rings. The van der Waals surface area contributed by atoms with Crippen LogP contribution in [0.3, 0.4) is 0 Å². The van der Waals surface area contributed by atoms with E-state index in [1.165, 1.54) is 12.1 Å². The zero-order valence-corrected chi connectivity index (χ0v) is 12.3. The van der Waals surface area contributed by atoms with E-state index in [2.05, 4.69) is 47.1 Å². The van der Waals surface area contributed by atoms with E-state index in [0.717, 1.165) is 36.7 Å². The van der Waals surface area contributed by atoms with Crippen molar-refractivity contribution in [2.24, 2.45) is 5.92 Å². The molecule has 2 aromatic heterocycles. The van der Waals surface area contributed by atoms with Crippen LogP contribution in [0.2, 0.25) is 0 Å². The lowest BCUT2D eigenvalue weighted by atomic mass is 10.1. The van der Waals surface area contributed by atoms with E-state index in [-0.39, 0.29) is 0 Å². The van der Waals surface area contributed by atoms with Crippen LogP contribution < -0.4 is 0 Å². The maximum Gasteiger partial charge on any atom is 0.152 e. The normalized spacial score (nSPS) is 12.8. The van der Waals surface area contributed by atoms with E-state index in [4.69, 9.17) is 0 Å². The Morgan fingerprint density at radius 2 is 2.16 bits per heavy atom. The van der Waals surface area contributed by atoms with Gasteiger partial charge in [-0.05, 0) is 25.8 Å². The lowest BCUT2D eigenvalue weighted by Crippen LogP contribution is -2.06. The van der Waals surface area contributed by atoms with Crippen LogP contribution in [-0.2, 0) is 19.4 Å². The molecule has 0 aliphatic carbocycles. The Hall–Kier alpha value is -1.65. The number of aromatic nitrogens is 5. The van der Waals surface area contributed by atoms with Gasteiger partial charge in [-0.1, -0.05) is 20.3 Å². The van der Waals surface area contributed by atoms with Gasteiger partial charge in [0.25, 0.3) is 0 Å².